The summed E-state index contributed by atoms with van der Waals surface area (Å²) in [5, 5.41) is 44.5. The Morgan fingerprint density at radius 1 is 0.433 bits per heavy atom. The first kappa shape index (κ1) is 99.3. The maximum absolute atomic E-state index is 13.5. The first-order chi connectivity index (χ1) is 63.8. The Morgan fingerprint density at radius 3 is 1.54 bits per heavy atom. The van der Waals surface area contributed by atoms with E-state index < -0.39 is 41.4 Å². The smallest absolute Gasteiger partial charge is 0.336 e. The molecular weight excluding hydrogens is 1740 g/mol. The largest absolute Gasteiger partial charge is 0.508 e. The second-order valence-corrected chi connectivity index (χ2v) is 34.0. The average molecular weight is 1850 g/mol. The van der Waals surface area contributed by atoms with Crippen LogP contribution in [0, 0.1) is 0 Å². The number of phenols is 1. The number of rotatable bonds is 45. The van der Waals surface area contributed by atoms with Gasteiger partial charge in [0.15, 0.2) is 22.5 Å². The molecule has 134 heavy (non-hydrogen) atoms. The molecule has 1 aliphatic rings. The van der Waals surface area contributed by atoms with Gasteiger partial charge in [0.1, 0.15) is 63.2 Å². The SMILES string of the molecule is C=c1ccc2c(c1)Oc1cc(O)ccc1C=2c1ccc(NC(=S)NCCC(=O)Nc2cc(C(=O)Nc3cc(C(=O)NCCC(=O)Nc4cc(C(=O)Nc5cc(C(=O)NCCCC(=O)Cc6cn(C)c(C(=O)Cc7cn(C)cn7)n6)n(C)c5)n(C)c4)n(C)c3)n(C)c2)cc1C(=O)O.CC(=O)CCCC(=O)Cc1cc(C(=O)Cc2cc(C(=O)CCCC(=O)CCCCN(C)C)n(C)c2)n(C)c1. The minimum Gasteiger partial charge on any atom is -0.508 e. The van der Waals surface area contributed by atoms with E-state index in [2.05, 4.69) is 64.0 Å². The number of aromatic carboxylic acids is 1. The molecule has 9 heterocycles. The van der Waals surface area contributed by atoms with Crippen LogP contribution in [0.3, 0.4) is 0 Å². The Balaban J connectivity index is 0.000000380. The predicted molar refractivity (Wildman–Crippen MR) is 507 cm³/mol. The van der Waals surface area contributed by atoms with E-state index in [-0.39, 0.29) is 150 Å². The molecule has 12 rings (SSSR count). The van der Waals surface area contributed by atoms with Crippen LogP contribution in [0.1, 0.15) is 208 Å². The molecule has 0 saturated carbocycles. The van der Waals surface area contributed by atoms with Gasteiger partial charge < -0.3 is 104 Å². The van der Waals surface area contributed by atoms with Gasteiger partial charge in [-0.15, -0.1) is 0 Å². The molecule has 0 aliphatic carbocycles. The molecule has 702 valence electrons. The number of carbonyl (C=O) groups excluding carboxylic acids is 13. The molecule has 0 radical (unpaired) electrons. The third-order valence-corrected chi connectivity index (χ3v) is 22.3. The van der Waals surface area contributed by atoms with Gasteiger partial charge in [-0.2, -0.15) is 0 Å². The standard InChI is InChI=1S/C67H68N16O12S.C30H43N3O5/c1-37-10-13-48-56(21-37)95-57-29-46(85)12-15-49(57)60(48)47-14-11-38(23-50(47)66(93)94)77-67(96)70-20-17-59(88)73-42-25-54(82(6)32-42)65(92)76-44-27-52(80(4)34-44)63(90)69-19-16-58(87)72-41-24-53(81(5)31-41)64(91)75-43-26-51(79(3)33-43)62(89)68-18-8-9-45(84)22-40-35-83(7)61(74-40)55(86)28-39-30-78(2)36-71-39;1-22(34)10-8-13-26(36)16-23-17-28(33(5)20-23)30(38)19-24-18-27(32(4)21-24)29(37)14-9-12-25(35)11-6-7-15-31(2)3/h10-15,21,23-27,29-36,85H,1,8-9,16-20,22,28H2,2-7H3,(H,68,89)(H,69,90)(H,72,87)(H,73,88)(H,75,91)(H,76,92)(H,93,94)(H2,70,77,96);17-18,20-21H,6-16,19H2,1-5H3. The van der Waals surface area contributed by atoms with Gasteiger partial charge in [-0.25, -0.2) is 14.8 Å². The van der Waals surface area contributed by atoms with Crippen LogP contribution in [-0.4, -0.2) is 189 Å². The van der Waals surface area contributed by atoms with Crippen LogP contribution < -0.4 is 57.7 Å². The van der Waals surface area contributed by atoms with Gasteiger partial charge in [0, 0.05) is 218 Å². The van der Waals surface area contributed by atoms with E-state index in [9.17, 15) is 77.3 Å². The Labute approximate surface area is 778 Å². The Kier molecular flexibility index (Phi) is 33.7. The number of carbonyl (C=O) groups is 14. The number of Topliss-reactive ketones (excluding diaryl/α,β-unsaturated/α-hetero) is 7. The maximum Gasteiger partial charge on any atom is 0.336 e. The van der Waals surface area contributed by atoms with Crippen molar-refractivity contribution in [3.05, 3.63) is 237 Å². The third-order valence-electron chi connectivity index (χ3n) is 22.0. The van der Waals surface area contributed by atoms with Crippen molar-refractivity contribution < 1.29 is 82.1 Å². The number of phenolic OH excluding ortho intramolecular Hbond substituents is 1. The van der Waals surface area contributed by atoms with Crippen LogP contribution in [0.5, 0.6) is 17.2 Å². The van der Waals surface area contributed by atoms with Crippen molar-refractivity contribution in [2.75, 3.05) is 66.9 Å². The predicted octanol–water partition coefficient (Wildman–Crippen LogP) is 9.31. The van der Waals surface area contributed by atoms with E-state index >= 15 is 0 Å². The Morgan fingerprint density at radius 2 is 0.955 bits per heavy atom. The molecule has 8 aromatic heterocycles. The number of benzene rings is 3. The van der Waals surface area contributed by atoms with Crippen molar-refractivity contribution in [2.45, 2.75) is 116 Å². The Bertz CT molecular complexity index is 6500. The monoisotopic (exact) mass is 1850 g/mol. The molecule has 0 unspecified atom stereocenters. The highest BCUT2D eigenvalue weighted by molar-refractivity contribution is 7.80. The average Bonchev–Trinajstić information content (AvgIpc) is 0.962. The number of hydrogen-bond donors (Lipinski definition) is 10. The van der Waals surface area contributed by atoms with Crippen molar-refractivity contribution in [1.82, 2.24) is 67.4 Å². The molecule has 37 heteroatoms. The highest BCUT2D eigenvalue weighted by atomic mass is 32.1. The minimum absolute atomic E-state index is 0.0170. The fourth-order valence-corrected chi connectivity index (χ4v) is 15.7. The van der Waals surface area contributed by atoms with Crippen molar-refractivity contribution in [3.63, 3.8) is 0 Å². The van der Waals surface area contributed by atoms with E-state index in [0.29, 0.717) is 141 Å². The van der Waals surface area contributed by atoms with Gasteiger partial charge in [0.25, 0.3) is 23.6 Å². The third kappa shape index (κ3) is 27.4. The van der Waals surface area contributed by atoms with Crippen molar-refractivity contribution in [2.24, 2.45) is 56.4 Å². The number of thiocarbonyl (C=S) groups is 1. The lowest BCUT2D eigenvalue weighted by molar-refractivity contribution is -0.120. The number of amides is 6. The summed E-state index contributed by atoms with van der Waals surface area (Å²) in [6.07, 6.45) is 20.7. The summed E-state index contributed by atoms with van der Waals surface area (Å²) in [5.41, 5.74) is 7.74. The number of aromatic hydroxyl groups is 1. The zero-order chi connectivity index (χ0) is 96.9. The second-order valence-electron chi connectivity index (χ2n) is 33.6. The van der Waals surface area contributed by atoms with Crippen LogP contribution in [0.25, 0.3) is 12.2 Å². The van der Waals surface area contributed by atoms with Gasteiger partial charge in [0.05, 0.1) is 70.3 Å². The number of hydrogen-bond acceptors (Lipinski definition) is 20. The van der Waals surface area contributed by atoms with Gasteiger partial charge >= 0.3 is 5.97 Å². The van der Waals surface area contributed by atoms with Crippen LogP contribution in [-0.2, 0) is 111 Å². The summed E-state index contributed by atoms with van der Waals surface area (Å²) in [6.45, 7) is 6.72. The molecule has 3 aromatic carbocycles. The topological polar surface area (TPSA) is 453 Å². The van der Waals surface area contributed by atoms with Crippen molar-refractivity contribution in [3.8, 4) is 17.2 Å². The summed E-state index contributed by atoms with van der Waals surface area (Å²) in [4.78, 5) is 189. The van der Waals surface area contributed by atoms with Crippen molar-refractivity contribution in [1.29, 1.82) is 0 Å². The lowest BCUT2D eigenvalue weighted by Crippen LogP contribution is -2.31. The minimum atomic E-state index is -1.19. The van der Waals surface area contributed by atoms with E-state index in [0.717, 1.165) is 30.5 Å². The maximum atomic E-state index is 13.5. The molecule has 0 spiro atoms. The summed E-state index contributed by atoms with van der Waals surface area (Å²) < 4.78 is 19.0. The lowest BCUT2D eigenvalue weighted by Gasteiger charge is -2.22. The number of carboxylic acids is 1. The molecule has 0 fully saturated rings. The number of nitrogens with one attached hydrogen (secondary N) is 8. The fourth-order valence-electron chi connectivity index (χ4n) is 15.5. The first-order valence-corrected chi connectivity index (χ1v) is 44.0. The number of carboxylic acid groups (broad SMARTS) is 1. The molecule has 36 nitrogen and oxygen atoms in total. The van der Waals surface area contributed by atoms with Gasteiger partial charge in [0.2, 0.25) is 17.6 Å². The van der Waals surface area contributed by atoms with Gasteiger partial charge in [-0.05, 0) is 161 Å². The normalized spacial score (nSPS) is 11.3. The molecular formula is C97H111N19O17S. The van der Waals surface area contributed by atoms with E-state index in [1.807, 2.05) is 21.1 Å². The zero-order valence-electron chi connectivity index (χ0n) is 76.8. The highest BCUT2D eigenvalue weighted by Crippen LogP contribution is 2.40. The molecule has 10 N–H and O–H groups in total. The number of unbranched alkanes of at least 4 members (excludes halogenated alkanes) is 1. The van der Waals surface area contributed by atoms with E-state index in [4.69, 9.17) is 17.0 Å². The van der Waals surface area contributed by atoms with Gasteiger partial charge in [-0.3, -0.25) is 57.5 Å². The number of ketones is 7. The number of imidazole rings is 2. The molecule has 0 bridgehead atoms. The first-order valence-electron chi connectivity index (χ1n) is 43.6. The lowest BCUT2D eigenvalue weighted by atomic mass is 9.89. The quantitative estimate of drug-likeness (QED) is 0.00964. The number of anilines is 5. The van der Waals surface area contributed by atoms with Crippen LogP contribution in [0.4, 0.5) is 28.4 Å². The number of ether oxygens (including phenoxy) is 1. The second kappa shape index (κ2) is 45.5. The number of aromatic nitrogens is 10. The summed E-state index contributed by atoms with van der Waals surface area (Å²) in [6, 6.07) is 24.2. The Hall–Kier alpha value is -15.3. The summed E-state index contributed by atoms with van der Waals surface area (Å²) in [5.74, 6) is -3.08. The number of fused-ring (bicyclic) bond motifs is 2. The van der Waals surface area contributed by atoms with Crippen LogP contribution in [0.15, 0.2) is 147 Å². The van der Waals surface area contributed by atoms with Crippen molar-refractivity contribution >= 4 is 140 Å². The van der Waals surface area contributed by atoms with E-state index in [1.165, 1.54) is 63.1 Å². The molecule has 0 saturated heterocycles. The number of aryl methyl sites for hydroxylation is 8. The fraction of sp³-hybridized carbons (Fsp3) is 0.330. The van der Waals surface area contributed by atoms with Gasteiger partial charge in [-0.1, -0.05) is 24.8 Å². The molecule has 1 aliphatic heterocycles. The van der Waals surface area contributed by atoms with Crippen LogP contribution >= 0.6 is 12.2 Å². The molecule has 6 amide bonds. The highest BCUT2D eigenvalue weighted by Gasteiger charge is 2.28. The molecule has 11 aromatic rings. The summed E-state index contributed by atoms with van der Waals surface area (Å²) >= 11 is 5.48. The zero-order valence-corrected chi connectivity index (χ0v) is 77.6. The summed E-state index contributed by atoms with van der Waals surface area (Å²) in [7, 11) is 17.6. The van der Waals surface area contributed by atoms with E-state index in [1.54, 1.807) is 177 Å². The molecule has 0 atom stereocenters. The number of nitrogens with zero attached hydrogens (tertiary/aromatic N) is 11. The van der Waals surface area contributed by atoms with Crippen LogP contribution in [0.2, 0.25) is 0 Å².